The van der Waals surface area contributed by atoms with Gasteiger partial charge >= 0.3 is 18.9 Å². The van der Waals surface area contributed by atoms with Crippen LogP contribution in [0.1, 0.15) is 18.6 Å². The van der Waals surface area contributed by atoms with Crippen LogP contribution in [0.4, 0.5) is 0 Å². The number of nitrogens with one attached hydrogen (secondary N) is 1. The Labute approximate surface area is 91.5 Å². The molecule has 0 aromatic heterocycles. The molecule has 66 valence electrons. The number of hydrogen-bond donors (Lipinski definition) is 1. The van der Waals surface area contributed by atoms with E-state index in [9.17, 15) is 5.11 Å². The van der Waals surface area contributed by atoms with Gasteiger partial charge in [-0.15, -0.1) is 0 Å². The SMILES string of the molecule is CN[C@H](C)[C@@H]([O-])c1ccccc1.[Li+]. The monoisotopic (exact) mass is 171 g/mol. The zero-order chi connectivity index (χ0) is 8.97. The van der Waals surface area contributed by atoms with Gasteiger partial charge in [0.2, 0.25) is 0 Å². The Morgan fingerprint density at radius 2 is 1.77 bits per heavy atom. The van der Waals surface area contributed by atoms with Gasteiger partial charge in [-0.3, -0.25) is 0 Å². The van der Waals surface area contributed by atoms with E-state index in [0.717, 1.165) is 5.56 Å². The summed E-state index contributed by atoms with van der Waals surface area (Å²) in [5, 5.41) is 14.5. The summed E-state index contributed by atoms with van der Waals surface area (Å²) in [6.07, 6.45) is -0.670. The van der Waals surface area contributed by atoms with Crippen molar-refractivity contribution < 1.29 is 24.0 Å². The zero-order valence-corrected chi connectivity index (χ0v) is 8.45. The van der Waals surface area contributed by atoms with Gasteiger partial charge in [0, 0.05) is 0 Å². The second-order valence-corrected chi connectivity index (χ2v) is 2.91. The van der Waals surface area contributed by atoms with E-state index in [-0.39, 0.29) is 24.9 Å². The topological polar surface area (TPSA) is 35.1 Å². The molecule has 0 spiro atoms. The van der Waals surface area contributed by atoms with E-state index in [2.05, 4.69) is 5.32 Å². The van der Waals surface area contributed by atoms with Gasteiger partial charge in [-0.1, -0.05) is 48.9 Å². The molecular formula is C10H14LiNO. The maximum Gasteiger partial charge on any atom is 1.00 e. The molecule has 1 N–H and O–H groups in total. The molecule has 0 fully saturated rings. The molecule has 0 saturated carbocycles. The van der Waals surface area contributed by atoms with Crippen LogP contribution in [0, 0.1) is 0 Å². The molecule has 0 saturated heterocycles. The Hall–Kier alpha value is -0.263. The zero-order valence-electron chi connectivity index (χ0n) is 8.45. The maximum atomic E-state index is 11.6. The predicted molar refractivity (Wildman–Crippen MR) is 47.7 cm³/mol. The molecule has 2 atom stereocenters. The Balaban J connectivity index is 0.00000144. The van der Waals surface area contributed by atoms with Crippen molar-refractivity contribution in [3.63, 3.8) is 0 Å². The summed E-state index contributed by atoms with van der Waals surface area (Å²) in [5.41, 5.74) is 0.847. The molecule has 13 heavy (non-hydrogen) atoms. The molecule has 1 aromatic carbocycles. The van der Waals surface area contributed by atoms with Crippen LogP contribution in [-0.4, -0.2) is 13.1 Å². The molecule has 0 heterocycles. The average molecular weight is 171 g/mol. The summed E-state index contributed by atoms with van der Waals surface area (Å²) >= 11 is 0. The summed E-state index contributed by atoms with van der Waals surface area (Å²) in [4.78, 5) is 0. The van der Waals surface area contributed by atoms with Crippen LogP contribution >= 0.6 is 0 Å². The molecule has 2 nitrogen and oxygen atoms in total. The van der Waals surface area contributed by atoms with Crippen molar-refractivity contribution in [2.75, 3.05) is 7.05 Å². The van der Waals surface area contributed by atoms with Crippen molar-refractivity contribution in [1.29, 1.82) is 0 Å². The van der Waals surface area contributed by atoms with Gasteiger partial charge in [-0.2, -0.15) is 0 Å². The fourth-order valence-electron chi connectivity index (χ4n) is 1.08. The third-order valence-corrected chi connectivity index (χ3v) is 2.04. The first-order valence-electron chi connectivity index (χ1n) is 4.13. The third-order valence-electron chi connectivity index (χ3n) is 2.04. The fourth-order valence-corrected chi connectivity index (χ4v) is 1.08. The smallest absolute Gasteiger partial charge is 0.847 e. The molecule has 1 rings (SSSR count). The number of likely N-dealkylation sites (N-methyl/N-ethyl adjacent to an activating group) is 1. The van der Waals surface area contributed by atoms with Crippen molar-refractivity contribution in [2.45, 2.75) is 19.1 Å². The van der Waals surface area contributed by atoms with Crippen molar-refractivity contribution >= 4 is 0 Å². The first-order valence-corrected chi connectivity index (χ1v) is 4.13. The first kappa shape index (κ1) is 12.7. The Bertz CT molecular complexity index is 228. The van der Waals surface area contributed by atoms with Crippen LogP contribution in [0.3, 0.4) is 0 Å². The fraction of sp³-hybridized carbons (Fsp3) is 0.400. The van der Waals surface area contributed by atoms with Crippen LogP contribution in [0.15, 0.2) is 30.3 Å². The van der Waals surface area contributed by atoms with Gasteiger partial charge in [0.15, 0.2) is 0 Å². The summed E-state index contributed by atoms with van der Waals surface area (Å²) in [7, 11) is 1.80. The normalized spacial score (nSPS) is 14.4. The minimum absolute atomic E-state index is 0. The molecule has 0 aliphatic rings. The van der Waals surface area contributed by atoms with E-state index in [1.54, 1.807) is 7.05 Å². The van der Waals surface area contributed by atoms with Crippen molar-refractivity contribution in [3.05, 3.63) is 35.9 Å². The second kappa shape index (κ2) is 6.23. The minimum Gasteiger partial charge on any atom is -0.847 e. The predicted octanol–water partition coefficient (Wildman–Crippen LogP) is -2.30. The van der Waals surface area contributed by atoms with Gasteiger partial charge in [0.1, 0.15) is 0 Å². The molecule has 0 aliphatic heterocycles. The Kier molecular flexibility index (Phi) is 6.10. The van der Waals surface area contributed by atoms with Gasteiger partial charge in [-0.05, 0) is 13.1 Å². The van der Waals surface area contributed by atoms with Crippen LogP contribution in [0.25, 0.3) is 0 Å². The second-order valence-electron chi connectivity index (χ2n) is 2.91. The standard InChI is InChI=1S/C10H14NO.Li/c1-8(11-2)10(12)9-6-4-3-5-7-9;/h3-8,10-11H,1-2H3;/q-1;+1/t8-,10-;/m1./s1. The largest absolute Gasteiger partial charge is 1.00 e. The van der Waals surface area contributed by atoms with Crippen LogP contribution < -0.4 is 29.3 Å². The van der Waals surface area contributed by atoms with E-state index in [4.69, 9.17) is 0 Å². The van der Waals surface area contributed by atoms with Crippen LogP contribution in [0.2, 0.25) is 0 Å². The van der Waals surface area contributed by atoms with Gasteiger partial charge in [-0.25, -0.2) is 0 Å². The van der Waals surface area contributed by atoms with Crippen LogP contribution in [-0.2, 0) is 0 Å². The molecular weight excluding hydrogens is 157 g/mol. The molecule has 0 aliphatic carbocycles. The molecule has 0 radical (unpaired) electrons. The van der Waals surface area contributed by atoms with E-state index in [1.807, 2.05) is 37.3 Å². The quantitative estimate of drug-likeness (QED) is 0.519. The summed E-state index contributed by atoms with van der Waals surface area (Å²) in [6.45, 7) is 1.89. The van der Waals surface area contributed by atoms with E-state index in [1.165, 1.54) is 0 Å². The van der Waals surface area contributed by atoms with Gasteiger partial charge < -0.3 is 10.4 Å². The summed E-state index contributed by atoms with van der Waals surface area (Å²) in [6, 6.07) is 9.41. The molecule has 0 amide bonds. The number of benzene rings is 1. The number of hydrogen-bond acceptors (Lipinski definition) is 2. The van der Waals surface area contributed by atoms with E-state index >= 15 is 0 Å². The van der Waals surface area contributed by atoms with Crippen molar-refractivity contribution in [3.8, 4) is 0 Å². The summed E-state index contributed by atoms with van der Waals surface area (Å²) in [5.74, 6) is 0. The molecule has 1 aromatic rings. The van der Waals surface area contributed by atoms with E-state index < -0.39 is 6.10 Å². The molecule has 0 bridgehead atoms. The first-order chi connectivity index (χ1) is 5.75. The number of rotatable bonds is 3. The Morgan fingerprint density at radius 3 is 2.23 bits per heavy atom. The minimum atomic E-state index is -0.670. The Morgan fingerprint density at radius 1 is 1.23 bits per heavy atom. The summed E-state index contributed by atoms with van der Waals surface area (Å²) < 4.78 is 0. The molecule has 0 unspecified atom stereocenters. The molecule has 3 heteroatoms. The van der Waals surface area contributed by atoms with Crippen LogP contribution in [0.5, 0.6) is 0 Å². The van der Waals surface area contributed by atoms with Crippen molar-refractivity contribution in [1.82, 2.24) is 5.32 Å². The average Bonchev–Trinajstić information content (AvgIpc) is 2.17. The third kappa shape index (κ3) is 3.54. The van der Waals surface area contributed by atoms with E-state index in [0.29, 0.717) is 0 Å². The maximum absolute atomic E-state index is 11.6. The van der Waals surface area contributed by atoms with Crippen molar-refractivity contribution in [2.24, 2.45) is 0 Å². The van der Waals surface area contributed by atoms with Gasteiger partial charge in [0.25, 0.3) is 0 Å². The van der Waals surface area contributed by atoms with Gasteiger partial charge in [0.05, 0.1) is 0 Å².